The van der Waals surface area contributed by atoms with Crippen molar-refractivity contribution in [2.24, 2.45) is 0 Å². The summed E-state index contributed by atoms with van der Waals surface area (Å²) in [5.74, 6) is 2.47. The van der Waals surface area contributed by atoms with Gasteiger partial charge in [0.1, 0.15) is 0 Å². The fraction of sp³-hybridized carbons (Fsp3) is 0.632. The van der Waals surface area contributed by atoms with Crippen molar-refractivity contribution in [1.82, 2.24) is 9.80 Å². The maximum absolute atomic E-state index is 13.1. The number of carbonyl (C=O) groups excluding carboxylic acids is 1. The highest BCUT2D eigenvalue weighted by Crippen LogP contribution is 2.22. The molecule has 1 amide bonds. The predicted molar refractivity (Wildman–Crippen MR) is 98.4 cm³/mol. The van der Waals surface area contributed by atoms with Gasteiger partial charge in [-0.1, -0.05) is 6.07 Å². The lowest BCUT2D eigenvalue weighted by Gasteiger charge is -2.33. The fourth-order valence-corrected chi connectivity index (χ4v) is 4.61. The molecule has 23 heavy (non-hydrogen) atoms. The molecule has 1 unspecified atom stereocenters. The molecular weight excluding hydrogens is 304 g/mol. The molecule has 2 aliphatic rings. The van der Waals surface area contributed by atoms with Gasteiger partial charge in [0.15, 0.2) is 0 Å². The van der Waals surface area contributed by atoms with Gasteiger partial charge in [0.05, 0.1) is 6.04 Å². The minimum Gasteiger partial charge on any atom is -0.334 e. The molecular formula is C19H28N2OS. The second-order valence-corrected chi connectivity index (χ2v) is 8.04. The van der Waals surface area contributed by atoms with E-state index in [-0.39, 0.29) is 5.91 Å². The first-order valence-corrected chi connectivity index (χ1v) is 9.99. The number of carbonyl (C=O) groups is 1. The molecule has 0 spiro atoms. The number of amides is 1. The summed E-state index contributed by atoms with van der Waals surface area (Å²) in [5.41, 5.74) is 3.31. The molecule has 0 bridgehead atoms. The van der Waals surface area contributed by atoms with Gasteiger partial charge in [-0.3, -0.25) is 4.79 Å². The molecule has 0 saturated carbocycles. The van der Waals surface area contributed by atoms with Gasteiger partial charge in [0.2, 0.25) is 0 Å². The SMILES string of the molecule is Cc1ccc(C(=O)N2CCCSCC2CN2CCCC2)cc1C. The van der Waals surface area contributed by atoms with Crippen LogP contribution < -0.4 is 0 Å². The standard InChI is InChI=1S/C19H28N2OS/c1-15-6-7-17(12-16(15)2)19(22)21-10-5-11-23-14-18(21)13-20-8-3-4-9-20/h6-7,12,18H,3-5,8-11,13-14H2,1-2H3. The van der Waals surface area contributed by atoms with E-state index in [0.717, 1.165) is 30.8 Å². The Morgan fingerprint density at radius 2 is 1.91 bits per heavy atom. The first-order chi connectivity index (χ1) is 11.1. The first-order valence-electron chi connectivity index (χ1n) is 8.83. The number of benzene rings is 1. The van der Waals surface area contributed by atoms with Gasteiger partial charge >= 0.3 is 0 Å². The van der Waals surface area contributed by atoms with Crippen molar-refractivity contribution >= 4 is 17.7 Å². The molecule has 0 radical (unpaired) electrons. The second-order valence-electron chi connectivity index (χ2n) is 6.89. The molecule has 2 fully saturated rings. The van der Waals surface area contributed by atoms with Gasteiger partial charge in [-0.05, 0) is 75.2 Å². The fourth-order valence-electron chi connectivity index (χ4n) is 3.55. The van der Waals surface area contributed by atoms with Crippen LogP contribution in [0.3, 0.4) is 0 Å². The Labute approximate surface area is 144 Å². The molecule has 1 aromatic carbocycles. The molecule has 0 N–H and O–H groups in total. The van der Waals surface area contributed by atoms with E-state index in [4.69, 9.17) is 0 Å². The summed E-state index contributed by atoms with van der Waals surface area (Å²) in [4.78, 5) is 17.8. The third-order valence-electron chi connectivity index (χ3n) is 5.12. The van der Waals surface area contributed by atoms with Crippen molar-refractivity contribution < 1.29 is 4.79 Å². The monoisotopic (exact) mass is 332 g/mol. The second kappa shape index (κ2) is 7.71. The van der Waals surface area contributed by atoms with Crippen LogP contribution in [-0.2, 0) is 0 Å². The van der Waals surface area contributed by atoms with E-state index < -0.39 is 0 Å². The summed E-state index contributed by atoms with van der Waals surface area (Å²) in [6.45, 7) is 8.54. The maximum atomic E-state index is 13.1. The van der Waals surface area contributed by atoms with Gasteiger partial charge in [0.25, 0.3) is 5.91 Å². The van der Waals surface area contributed by atoms with Crippen molar-refractivity contribution in [3.05, 3.63) is 34.9 Å². The van der Waals surface area contributed by atoms with Crippen LogP contribution in [0.15, 0.2) is 18.2 Å². The summed E-state index contributed by atoms with van der Waals surface area (Å²) in [5, 5.41) is 0. The molecule has 0 aromatic heterocycles. The highest BCUT2D eigenvalue weighted by Gasteiger charge is 2.29. The molecule has 1 atom stereocenters. The Hall–Kier alpha value is -1.00. The lowest BCUT2D eigenvalue weighted by atomic mass is 10.0. The Morgan fingerprint density at radius 1 is 1.13 bits per heavy atom. The van der Waals surface area contributed by atoms with Gasteiger partial charge in [-0.2, -0.15) is 11.8 Å². The number of rotatable bonds is 3. The number of likely N-dealkylation sites (tertiary alicyclic amines) is 1. The largest absolute Gasteiger partial charge is 0.334 e. The summed E-state index contributed by atoms with van der Waals surface area (Å²) in [6.07, 6.45) is 3.73. The Kier molecular flexibility index (Phi) is 5.65. The van der Waals surface area contributed by atoms with Crippen molar-refractivity contribution in [1.29, 1.82) is 0 Å². The summed E-state index contributed by atoms with van der Waals surface area (Å²) in [7, 11) is 0. The third-order valence-corrected chi connectivity index (χ3v) is 6.32. The normalized spacial score (nSPS) is 23.0. The molecule has 0 aliphatic carbocycles. The van der Waals surface area contributed by atoms with E-state index in [1.54, 1.807) is 0 Å². The smallest absolute Gasteiger partial charge is 0.254 e. The number of aryl methyl sites for hydroxylation is 2. The van der Waals surface area contributed by atoms with Crippen LogP contribution in [0.4, 0.5) is 0 Å². The predicted octanol–water partition coefficient (Wildman–Crippen LogP) is 3.35. The molecule has 3 nitrogen and oxygen atoms in total. The van der Waals surface area contributed by atoms with Gasteiger partial charge < -0.3 is 9.80 Å². The third kappa shape index (κ3) is 4.10. The molecule has 3 rings (SSSR count). The van der Waals surface area contributed by atoms with Crippen molar-refractivity contribution in [2.75, 3.05) is 37.7 Å². The van der Waals surface area contributed by atoms with Crippen LogP contribution in [0.2, 0.25) is 0 Å². The van der Waals surface area contributed by atoms with Gasteiger partial charge in [-0.25, -0.2) is 0 Å². The number of thioether (sulfide) groups is 1. The Balaban J connectivity index is 1.77. The highest BCUT2D eigenvalue weighted by atomic mass is 32.2. The van der Waals surface area contributed by atoms with Crippen LogP contribution >= 0.6 is 11.8 Å². The van der Waals surface area contributed by atoms with Crippen molar-refractivity contribution in [2.45, 2.75) is 39.2 Å². The average molecular weight is 333 g/mol. The van der Waals surface area contributed by atoms with Gasteiger partial charge in [0, 0.05) is 24.4 Å². The molecule has 126 valence electrons. The van der Waals surface area contributed by atoms with E-state index in [2.05, 4.69) is 35.8 Å². The van der Waals surface area contributed by atoms with Crippen LogP contribution in [-0.4, -0.2) is 59.4 Å². The highest BCUT2D eigenvalue weighted by molar-refractivity contribution is 7.99. The van der Waals surface area contributed by atoms with E-state index in [0.29, 0.717) is 6.04 Å². The minimum atomic E-state index is 0.222. The van der Waals surface area contributed by atoms with E-state index in [1.165, 1.54) is 42.8 Å². The summed E-state index contributed by atoms with van der Waals surface area (Å²) < 4.78 is 0. The zero-order valence-electron chi connectivity index (χ0n) is 14.4. The first kappa shape index (κ1) is 16.8. The lowest BCUT2D eigenvalue weighted by Crippen LogP contribution is -2.47. The topological polar surface area (TPSA) is 23.6 Å². The number of nitrogens with zero attached hydrogens (tertiary/aromatic N) is 2. The minimum absolute atomic E-state index is 0.222. The van der Waals surface area contributed by atoms with Gasteiger partial charge in [-0.15, -0.1) is 0 Å². The van der Waals surface area contributed by atoms with E-state index >= 15 is 0 Å². The quantitative estimate of drug-likeness (QED) is 0.848. The van der Waals surface area contributed by atoms with Crippen LogP contribution in [0.5, 0.6) is 0 Å². The summed E-state index contributed by atoms with van der Waals surface area (Å²) in [6, 6.07) is 6.48. The van der Waals surface area contributed by atoms with Crippen molar-refractivity contribution in [3.63, 3.8) is 0 Å². The maximum Gasteiger partial charge on any atom is 0.254 e. The van der Waals surface area contributed by atoms with E-state index in [1.807, 2.05) is 17.8 Å². The van der Waals surface area contributed by atoms with E-state index in [9.17, 15) is 4.79 Å². The average Bonchev–Trinajstić information content (AvgIpc) is 2.94. The molecule has 2 aliphatic heterocycles. The molecule has 2 saturated heterocycles. The van der Waals surface area contributed by atoms with Crippen LogP contribution in [0, 0.1) is 13.8 Å². The zero-order valence-corrected chi connectivity index (χ0v) is 15.2. The summed E-state index contributed by atoms with van der Waals surface area (Å²) >= 11 is 2.01. The number of hydrogen-bond acceptors (Lipinski definition) is 3. The van der Waals surface area contributed by atoms with Crippen LogP contribution in [0.25, 0.3) is 0 Å². The number of hydrogen-bond donors (Lipinski definition) is 0. The molecule has 4 heteroatoms. The zero-order chi connectivity index (χ0) is 16.2. The van der Waals surface area contributed by atoms with Crippen molar-refractivity contribution in [3.8, 4) is 0 Å². The lowest BCUT2D eigenvalue weighted by molar-refractivity contribution is 0.0666. The Bertz CT molecular complexity index is 554. The molecule has 2 heterocycles. The Morgan fingerprint density at radius 3 is 2.65 bits per heavy atom. The molecule has 1 aromatic rings. The van der Waals surface area contributed by atoms with Crippen LogP contribution in [0.1, 0.15) is 40.7 Å².